The van der Waals surface area contributed by atoms with Crippen LogP contribution in [-0.4, -0.2) is 26.4 Å². The van der Waals surface area contributed by atoms with Gasteiger partial charge in [-0.15, -0.1) is 0 Å². The summed E-state index contributed by atoms with van der Waals surface area (Å²) in [6, 6.07) is 13.2. The third-order valence-corrected chi connectivity index (χ3v) is 4.19. The van der Waals surface area contributed by atoms with Gasteiger partial charge >= 0.3 is 5.69 Å². The maximum absolute atomic E-state index is 12.8. The Bertz CT molecular complexity index is 1060. The average molecular weight is 399 g/mol. The SMILES string of the molecule is Cc1nn(CC(=O)Nc2ccc(Cl)cc2C(=O)c2ccccc2)cc1[N+](=O)[O-]. The van der Waals surface area contributed by atoms with Gasteiger partial charge in [0.05, 0.1) is 10.6 Å². The van der Waals surface area contributed by atoms with Crippen molar-refractivity contribution in [3.63, 3.8) is 0 Å². The zero-order valence-corrected chi connectivity index (χ0v) is 15.5. The van der Waals surface area contributed by atoms with E-state index in [2.05, 4.69) is 10.4 Å². The van der Waals surface area contributed by atoms with Gasteiger partial charge in [-0.25, -0.2) is 0 Å². The van der Waals surface area contributed by atoms with Gasteiger partial charge < -0.3 is 5.32 Å². The van der Waals surface area contributed by atoms with Crippen molar-refractivity contribution in [3.8, 4) is 0 Å². The van der Waals surface area contributed by atoms with Gasteiger partial charge in [0.1, 0.15) is 18.4 Å². The van der Waals surface area contributed by atoms with E-state index >= 15 is 0 Å². The van der Waals surface area contributed by atoms with Crippen LogP contribution < -0.4 is 5.32 Å². The normalized spacial score (nSPS) is 10.5. The van der Waals surface area contributed by atoms with Crippen molar-refractivity contribution in [2.24, 2.45) is 0 Å². The highest BCUT2D eigenvalue weighted by Crippen LogP contribution is 2.24. The number of carbonyl (C=O) groups is 2. The third-order valence-electron chi connectivity index (χ3n) is 3.96. The Balaban J connectivity index is 1.82. The van der Waals surface area contributed by atoms with Gasteiger partial charge in [0, 0.05) is 16.1 Å². The first-order valence-corrected chi connectivity index (χ1v) is 8.60. The molecule has 0 saturated heterocycles. The van der Waals surface area contributed by atoms with Gasteiger partial charge in [0.2, 0.25) is 5.91 Å². The van der Waals surface area contributed by atoms with E-state index in [-0.39, 0.29) is 29.3 Å². The van der Waals surface area contributed by atoms with Gasteiger partial charge in [-0.05, 0) is 25.1 Å². The van der Waals surface area contributed by atoms with Crippen molar-refractivity contribution in [3.05, 3.63) is 86.7 Å². The molecule has 0 spiro atoms. The van der Waals surface area contributed by atoms with E-state index in [0.29, 0.717) is 16.3 Å². The van der Waals surface area contributed by atoms with E-state index in [9.17, 15) is 19.7 Å². The van der Waals surface area contributed by atoms with Crippen LogP contribution in [0.2, 0.25) is 5.02 Å². The fraction of sp³-hybridized carbons (Fsp3) is 0.105. The second kappa shape index (κ2) is 8.01. The van der Waals surface area contributed by atoms with Crippen LogP contribution in [0.4, 0.5) is 11.4 Å². The van der Waals surface area contributed by atoms with Crippen LogP contribution in [0, 0.1) is 17.0 Å². The number of benzene rings is 2. The minimum Gasteiger partial charge on any atom is -0.324 e. The number of hydrogen-bond acceptors (Lipinski definition) is 5. The summed E-state index contributed by atoms with van der Waals surface area (Å²) < 4.78 is 1.18. The Morgan fingerprint density at radius 2 is 1.93 bits per heavy atom. The molecule has 0 fully saturated rings. The number of aryl methyl sites for hydroxylation is 1. The molecular formula is C19H15ClN4O4. The molecule has 0 atom stereocenters. The number of carbonyl (C=O) groups excluding carboxylic acids is 2. The van der Waals surface area contributed by atoms with Crippen molar-refractivity contribution in [1.82, 2.24) is 9.78 Å². The van der Waals surface area contributed by atoms with Crippen molar-refractivity contribution in [2.45, 2.75) is 13.5 Å². The highest BCUT2D eigenvalue weighted by Gasteiger charge is 2.19. The van der Waals surface area contributed by atoms with Gasteiger partial charge in [0.15, 0.2) is 5.78 Å². The molecule has 1 N–H and O–H groups in total. The maximum atomic E-state index is 12.8. The lowest BCUT2D eigenvalue weighted by Crippen LogP contribution is -2.20. The number of ketones is 1. The fourth-order valence-corrected chi connectivity index (χ4v) is 2.83. The fourth-order valence-electron chi connectivity index (χ4n) is 2.66. The van der Waals surface area contributed by atoms with E-state index in [1.54, 1.807) is 36.4 Å². The number of anilines is 1. The molecule has 28 heavy (non-hydrogen) atoms. The van der Waals surface area contributed by atoms with E-state index in [4.69, 9.17) is 11.6 Å². The lowest BCUT2D eigenvalue weighted by atomic mass is 10.0. The Kier molecular flexibility index (Phi) is 5.51. The zero-order valence-electron chi connectivity index (χ0n) is 14.8. The van der Waals surface area contributed by atoms with E-state index in [0.717, 1.165) is 0 Å². The quantitative estimate of drug-likeness (QED) is 0.387. The summed E-state index contributed by atoms with van der Waals surface area (Å²) in [5, 5.41) is 17.9. The standard InChI is InChI=1S/C19H15ClN4O4/c1-12-17(24(27)28)10-23(22-12)11-18(25)21-16-8-7-14(20)9-15(16)19(26)13-5-3-2-4-6-13/h2-10H,11H2,1H3,(H,21,25). The molecule has 0 aliphatic rings. The van der Waals surface area contributed by atoms with E-state index in [1.165, 1.54) is 29.9 Å². The Labute approximate surface area is 164 Å². The first kappa shape index (κ1) is 19.2. The van der Waals surface area contributed by atoms with Crippen LogP contribution in [0.1, 0.15) is 21.6 Å². The summed E-state index contributed by atoms with van der Waals surface area (Å²) in [4.78, 5) is 35.5. The summed E-state index contributed by atoms with van der Waals surface area (Å²) in [5.41, 5.74) is 1.04. The summed E-state index contributed by atoms with van der Waals surface area (Å²) in [6.07, 6.45) is 1.19. The van der Waals surface area contributed by atoms with Crippen LogP contribution in [-0.2, 0) is 11.3 Å². The maximum Gasteiger partial charge on any atom is 0.309 e. The molecule has 0 aliphatic carbocycles. The summed E-state index contributed by atoms with van der Waals surface area (Å²) in [7, 11) is 0. The average Bonchev–Trinajstić information content (AvgIpc) is 3.03. The summed E-state index contributed by atoms with van der Waals surface area (Å²) in [5.74, 6) is -0.772. The van der Waals surface area contributed by atoms with Crippen LogP contribution in [0.25, 0.3) is 0 Å². The summed E-state index contributed by atoms with van der Waals surface area (Å²) >= 11 is 6.02. The van der Waals surface area contributed by atoms with Crippen molar-refractivity contribution in [1.29, 1.82) is 0 Å². The molecule has 142 valence electrons. The number of aromatic nitrogens is 2. The topological polar surface area (TPSA) is 107 Å². The molecular weight excluding hydrogens is 384 g/mol. The zero-order chi connectivity index (χ0) is 20.3. The number of rotatable bonds is 6. The number of amides is 1. The van der Waals surface area contributed by atoms with Gasteiger partial charge in [-0.1, -0.05) is 41.9 Å². The number of halogens is 1. The number of nitro groups is 1. The molecule has 0 saturated carbocycles. The largest absolute Gasteiger partial charge is 0.324 e. The van der Waals surface area contributed by atoms with Gasteiger partial charge in [0.25, 0.3) is 0 Å². The van der Waals surface area contributed by atoms with Crippen LogP contribution >= 0.6 is 11.6 Å². The van der Waals surface area contributed by atoms with Gasteiger partial charge in [-0.3, -0.25) is 24.4 Å². The molecule has 1 amide bonds. The first-order valence-electron chi connectivity index (χ1n) is 8.22. The molecule has 0 radical (unpaired) electrons. The Hall–Kier alpha value is -3.52. The predicted molar refractivity (Wildman–Crippen MR) is 104 cm³/mol. The molecule has 9 heteroatoms. The van der Waals surface area contributed by atoms with Crippen molar-refractivity contribution < 1.29 is 14.5 Å². The Morgan fingerprint density at radius 1 is 1.21 bits per heavy atom. The van der Waals surface area contributed by atoms with E-state index in [1.807, 2.05) is 0 Å². The molecule has 1 heterocycles. The van der Waals surface area contributed by atoms with Crippen LogP contribution in [0.3, 0.4) is 0 Å². The lowest BCUT2D eigenvalue weighted by molar-refractivity contribution is -0.385. The van der Waals surface area contributed by atoms with E-state index < -0.39 is 10.8 Å². The first-order chi connectivity index (χ1) is 13.3. The Morgan fingerprint density at radius 3 is 2.57 bits per heavy atom. The predicted octanol–water partition coefficient (Wildman–Crippen LogP) is 3.62. The van der Waals surface area contributed by atoms with Gasteiger partial charge in [-0.2, -0.15) is 5.10 Å². The third kappa shape index (κ3) is 4.24. The highest BCUT2D eigenvalue weighted by atomic mass is 35.5. The number of hydrogen-bond donors (Lipinski definition) is 1. The smallest absolute Gasteiger partial charge is 0.309 e. The molecule has 3 aromatic rings. The molecule has 2 aromatic carbocycles. The summed E-state index contributed by atoms with van der Waals surface area (Å²) in [6.45, 7) is 1.25. The monoisotopic (exact) mass is 398 g/mol. The minimum atomic E-state index is -0.563. The van der Waals surface area contributed by atoms with Crippen LogP contribution in [0.5, 0.6) is 0 Å². The second-order valence-corrected chi connectivity index (χ2v) is 6.42. The number of nitrogens with zero attached hydrogens (tertiary/aromatic N) is 3. The lowest BCUT2D eigenvalue weighted by Gasteiger charge is -2.11. The minimum absolute atomic E-state index is 0.167. The molecule has 0 unspecified atom stereocenters. The number of nitrogens with one attached hydrogen (secondary N) is 1. The van der Waals surface area contributed by atoms with Crippen LogP contribution in [0.15, 0.2) is 54.7 Å². The molecule has 0 bridgehead atoms. The van der Waals surface area contributed by atoms with Crippen molar-refractivity contribution >= 4 is 34.7 Å². The molecule has 1 aromatic heterocycles. The second-order valence-electron chi connectivity index (χ2n) is 5.99. The molecule has 8 nitrogen and oxygen atoms in total. The molecule has 3 rings (SSSR count). The highest BCUT2D eigenvalue weighted by molar-refractivity contribution is 6.31. The molecule has 0 aliphatic heterocycles. The van der Waals surface area contributed by atoms with Crippen molar-refractivity contribution in [2.75, 3.05) is 5.32 Å².